The smallest absolute Gasteiger partial charge is 0.330 e. The summed E-state index contributed by atoms with van der Waals surface area (Å²) < 4.78 is 37.1. The van der Waals surface area contributed by atoms with Gasteiger partial charge in [0, 0.05) is 18.0 Å². The molecule has 1 aromatic heterocycles. The van der Waals surface area contributed by atoms with Crippen molar-refractivity contribution in [2.45, 2.75) is 48.8 Å². The summed E-state index contributed by atoms with van der Waals surface area (Å²) in [7, 11) is -1.17. The normalized spacial score (nSPS) is 23.8. The molecule has 1 aliphatic rings. The van der Waals surface area contributed by atoms with Gasteiger partial charge in [-0.1, -0.05) is 46.2 Å². The summed E-state index contributed by atoms with van der Waals surface area (Å²) in [6.07, 6.45) is -0.756. The van der Waals surface area contributed by atoms with Crippen LogP contribution in [0, 0.1) is 6.92 Å². The number of H-pyrrole nitrogens is 1. The van der Waals surface area contributed by atoms with Crippen molar-refractivity contribution in [1.29, 1.82) is 0 Å². The van der Waals surface area contributed by atoms with Crippen LogP contribution in [0.1, 0.15) is 25.1 Å². The number of aromatic nitrogens is 2. The van der Waals surface area contributed by atoms with Crippen LogP contribution in [0.15, 0.2) is 51.0 Å². The van der Waals surface area contributed by atoms with Gasteiger partial charge in [0.1, 0.15) is 6.10 Å². The van der Waals surface area contributed by atoms with E-state index >= 15 is 0 Å². The number of benzene rings is 1. The molecule has 0 aliphatic carbocycles. The van der Waals surface area contributed by atoms with Gasteiger partial charge in [0.25, 0.3) is 15.7 Å². The quantitative estimate of drug-likeness (QED) is 0.308. The SMILES string of the molecule is CCCSS[C@@H]1[C@H](O)[C@@H](COS(=O)(=O)c2ccc(C)cc2)O[C@H]1n1ccc(=O)[nH]c1=O. The van der Waals surface area contributed by atoms with Crippen LogP contribution in [0.5, 0.6) is 0 Å². The monoisotopic (exact) mass is 488 g/mol. The summed E-state index contributed by atoms with van der Waals surface area (Å²) in [5, 5.41) is 10.2. The Kier molecular flexibility index (Phi) is 8.05. The van der Waals surface area contributed by atoms with Crippen LogP contribution in [0.2, 0.25) is 0 Å². The largest absolute Gasteiger partial charge is 0.389 e. The van der Waals surface area contributed by atoms with E-state index in [4.69, 9.17) is 8.92 Å². The van der Waals surface area contributed by atoms with E-state index in [0.29, 0.717) is 0 Å². The second-order valence-electron chi connectivity index (χ2n) is 7.01. The van der Waals surface area contributed by atoms with Crippen molar-refractivity contribution in [3.8, 4) is 0 Å². The summed E-state index contributed by atoms with van der Waals surface area (Å²) >= 11 is 0. The molecule has 0 radical (unpaired) electrons. The van der Waals surface area contributed by atoms with Crippen LogP contribution >= 0.6 is 21.6 Å². The highest BCUT2D eigenvalue weighted by Gasteiger charge is 2.46. The highest BCUT2D eigenvalue weighted by Crippen LogP contribution is 2.42. The van der Waals surface area contributed by atoms with Crippen LogP contribution in [0.3, 0.4) is 0 Å². The summed E-state index contributed by atoms with van der Waals surface area (Å²) in [5.41, 5.74) is -0.315. The van der Waals surface area contributed by atoms with Gasteiger partial charge >= 0.3 is 5.69 Å². The molecule has 1 aliphatic heterocycles. The first-order chi connectivity index (χ1) is 14.7. The highest BCUT2D eigenvalue weighted by atomic mass is 33.1. The number of nitrogens with zero attached hydrogens (tertiary/aromatic N) is 1. The van der Waals surface area contributed by atoms with Gasteiger partial charge in [-0.2, -0.15) is 8.42 Å². The zero-order valence-corrected chi connectivity index (χ0v) is 19.4. The minimum atomic E-state index is -4.04. The van der Waals surface area contributed by atoms with Crippen molar-refractivity contribution in [1.82, 2.24) is 9.55 Å². The Bertz CT molecular complexity index is 1100. The van der Waals surface area contributed by atoms with E-state index in [0.717, 1.165) is 17.7 Å². The van der Waals surface area contributed by atoms with Crippen molar-refractivity contribution in [2.75, 3.05) is 12.4 Å². The lowest BCUT2D eigenvalue weighted by Crippen LogP contribution is -2.36. The molecule has 12 heteroatoms. The van der Waals surface area contributed by atoms with E-state index in [1.807, 2.05) is 13.8 Å². The first kappa shape index (κ1) is 24.1. The van der Waals surface area contributed by atoms with Gasteiger partial charge in [-0.3, -0.25) is 18.5 Å². The topological polar surface area (TPSA) is 128 Å². The Morgan fingerprint density at radius 3 is 2.58 bits per heavy atom. The Labute approximate surface area is 187 Å². The molecule has 1 aromatic carbocycles. The highest BCUT2D eigenvalue weighted by molar-refractivity contribution is 8.77. The molecule has 2 heterocycles. The predicted molar refractivity (Wildman–Crippen MR) is 120 cm³/mol. The van der Waals surface area contributed by atoms with Gasteiger partial charge in [-0.05, 0) is 25.5 Å². The van der Waals surface area contributed by atoms with E-state index in [9.17, 15) is 23.1 Å². The Morgan fingerprint density at radius 2 is 1.94 bits per heavy atom. The summed E-state index contributed by atoms with van der Waals surface area (Å²) in [5.74, 6) is 0.824. The summed E-state index contributed by atoms with van der Waals surface area (Å²) in [6, 6.07) is 7.39. The number of hydrogen-bond acceptors (Lipinski definition) is 9. The third-order valence-electron chi connectivity index (χ3n) is 4.60. The maximum atomic E-state index is 12.5. The zero-order chi connectivity index (χ0) is 22.6. The summed E-state index contributed by atoms with van der Waals surface area (Å²) in [4.78, 5) is 25.8. The third kappa shape index (κ3) is 5.82. The molecule has 0 amide bonds. The molecular weight excluding hydrogens is 464 g/mol. The molecule has 0 unspecified atom stereocenters. The van der Waals surface area contributed by atoms with Crippen molar-refractivity contribution in [2.24, 2.45) is 0 Å². The number of ether oxygens (including phenoxy) is 1. The lowest BCUT2D eigenvalue weighted by Gasteiger charge is -2.20. The van der Waals surface area contributed by atoms with Crippen LogP contribution in [-0.2, 0) is 19.0 Å². The molecule has 0 spiro atoms. The predicted octanol–water partition coefficient (Wildman–Crippen LogP) is 1.67. The minimum Gasteiger partial charge on any atom is -0.389 e. The Hall–Kier alpha value is -1.57. The van der Waals surface area contributed by atoms with Crippen LogP contribution < -0.4 is 11.2 Å². The van der Waals surface area contributed by atoms with Gasteiger partial charge in [0.2, 0.25) is 0 Å². The number of aryl methyl sites for hydroxylation is 1. The van der Waals surface area contributed by atoms with Crippen molar-refractivity contribution in [3.05, 3.63) is 62.9 Å². The van der Waals surface area contributed by atoms with Gasteiger partial charge in [0.05, 0.1) is 22.9 Å². The standard InChI is InChI=1S/C19H24N2O7S3/c1-3-10-29-30-17-16(23)14(28-18(17)21-9-8-15(22)20-19(21)24)11-27-31(25,26)13-6-4-12(2)5-7-13/h4-9,14,16-18,23H,3,10-11H2,1-2H3,(H,20,22,24)/t14-,16-,17-,18-/m1/s1. The maximum Gasteiger partial charge on any atom is 0.330 e. The Morgan fingerprint density at radius 1 is 1.23 bits per heavy atom. The minimum absolute atomic E-state index is 0.00316. The van der Waals surface area contributed by atoms with Crippen molar-refractivity contribution >= 4 is 31.7 Å². The first-order valence-corrected chi connectivity index (χ1v) is 13.4. The third-order valence-corrected chi connectivity index (χ3v) is 8.92. The molecule has 2 aromatic rings. The fraction of sp³-hybridized carbons (Fsp3) is 0.474. The molecule has 1 fully saturated rings. The van der Waals surface area contributed by atoms with E-state index < -0.39 is 51.7 Å². The van der Waals surface area contributed by atoms with Crippen molar-refractivity contribution in [3.63, 3.8) is 0 Å². The molecule has 2 N–H and O–H groups in total. The average Bonchev–Trinajstić information content (AvgIpc) is 3.03. The number of rotatable bonds is 9. The van der Waals surface area contributed by atoms with Gasteiger partial charge < -0.3 is 9.84 Å². The number of aliphatic hydroxyl groups is 1. The average molecular weight is 489 g/mol. The number of aliphatic hydroxyl groups excluding tert-OH is 1. The van der Waals surface area contributed by atoms with E-state index in [2.05, 4.69) is 4.98 Å². The molecule has 170 valence electrons. The van der Waals surface area contributed by atoms with Crippen LogP contribution in [0.25, 0.3) is 0 Å². The lowest BCUT2D eigenvalue weighted by molar-refractivity contribution is -0.0397. The molecule has 4 atom stereocenters. The van der Waals surface area contributed by atoms with Crippen molar-refractivity contribution < 1.29 is 22.4 Å². The molecule has 3 rings (SSSR count). The van der Waals surface area contributed by atoms with Gasteiger partial charge in [-0.15, -0.1) is 0 Å². The fourth-order valence-corrected chi connectivity index (χ4v) is 6.76. The molecule has 1 saturated heterocycles. The zero-order valence-electron chi connectivity index (χ0n) is 17.0. The molecular formula is C19H24N2O7S3. The molecule has 9 nitrogen and oxygen atoms in total. The van der Waals surface area contributed by atoms with E-state index in [1.165, 1.54) is 50.6 Å². The molecule has 0 bridgehead atoms. The molecule has 0 saturated carbocycles. The second kappa shape index (κ2) is 10.4. The van der Waals surface area contributed by atoms with Crippen LogP contribution in [-0.4, -0.2) is 52.9 Å². The second-order valence-corrected chi connectivity index (χ2v) is 11.3. The fourth-order valence-electron chi connectivity index (χ4n) is 2.95. The van der Waals surface area contributed by atoms with E-state index in [-0.39, 0.29) is 4.90 Å². The van der Waals surface area contributed by atoms with Gasteiger partial charge in [-0.25, -0.2) is 4.79 Å². The maximum absolute atomic E-state index is 12.5. The lowest BCUT2D eigenvalue weighted by atomic mass is 10.2. The number of nitrogens with one attached hydrogen (secondary N) is 1. The molecule has 31 heavy (non-hydrogen) atoms. The van der Waals surface area contributed by atoms with Gasteiger partial charge in [0.15, 0.2) is 6.23 Å². The number of aromatic amines is 1. The Balaban J connectivity index is 1.78. The van der Waals surface area contributed by atoms with E-state index in [1.54, 1.807) is 12.1 Å². The van der Waals surface area contributed by atoms with Crippen LogP contribution in [0.4, 0.5) is 0 Å². The number of hydrogen-bond donors (Lipinski definition) is 2. The summed E-state index contributed by atoms with van der Waals surface area (Å²) in [6.45, 7) is 3.44. The first-order valence-electron chi connectivity index (χ1n) is 9.62.